The van der Waals surface area contributed by atoms with Crippen LogP contribution in [0.3, 0.4) is 0 Å². The first-order valence-corrected chi connectivity index (χ1v) is 6.69. The fourth-order valence-corrected chi connectivity index (χ4v) is 2.26. The van der Waals surface area contributed by atoms with E-state index in [-0.39, 0.29) is 6.61 Å². The minimum Gasteiger partial charge on any atom is -0.392 e. The number of hydrogen-bond acceptors (Lipinski definition) is 4. The molecule has 90 valence electrons. The van der Waals surface area contributed by atoms with Crippen molar-refractivity contribution in [3.8, 4) is 0 Å². The Morgan fingerprint density at radius 2 is 2.06 bits per heavy atom. The van der Waals surface area contributed by atoms with E-state index in [2.05, 4.69) is 23.7 Å². The monoisotopic (exact) mass is 240 g/mol. The molecule has 0 unspecified atom stereocenters. The highest BCUT2D eigenvalue weighted by atomic mass is 32.2. The van der Waals surface area contributed by atoms with Crippen LogP contribution >= 0.6 is 11.8 Å². The summed E-state index contributed by atoms with van der Waals surface area (Å²) in [4.78, 5) is 6.68. The second-order valence-electron chi connectivity index (χ2n) is 3.54. The highest BCUT2D eigenvalue weighted by Gasteiger charge is 2.00. The van der Waals surface area contributed by atoms with E-state index in [1.165, 1.54) is 0 Å². The van der Waals surface area contributed by atoms with Gasteiger partial charge >= 0.3 is 0 Å². The second-order valence-corrected chi connectivity index (χ2v) is 4.65. The number of aliphatic hydroxyl groups excluding tert-OH is 1. The molecular weight excluding hydrogens is 220 g/mol. The first-order chi connectivity index (χ1) is 7.80. The molecule has 3 nitrogen and oxygen atoms in total. The Bertz CT molecular complexity index is 286. The molecule has 0 bridgehead atoms. The maximum absolute atomic E-state index is 8.89. The van der Waals surface area contributed by atoms with E-state index in [0.29, 0.717) is 0 Å². The van der Waals surface area contributed by atoms with Crippen molar-refractivity contribution in [1.29, 1.82) is 0 Å². The molecule has 0 amide bonds. The third-order valence-electron chi connectivity index (χ3n) is 2.53. The summed E-state index contributed by atoms with van der Waals surface area (Å²) in [6.07, 6.45) is 1.74. The zero-order valence-electron chi connectivity index (χ0n) is 10.0. The quantitative estimate of drug-likeness (QED) is 0.740. The lowest BCUT2D eigenvalue weighted by molar-refractivity contribution is 0.281. The number of aliphatic hydroxyl groups is 1. The predicted molar refractivity (Wildman–Crippen MR) is 68.7 cm³/mol. The maximum Gasteiger partial charge on any atom is 0.0960 e. The van der Waals surface area contributed by atoms with E-state index < -0.39 is 0 Å². The normalized spacial score (nSPS) is 11.0. The van der Waals surface area contributed by atoms with Crippen molar-refractivity contribution in [1.82, 2.24) is 9.88 Å². The maximum atomic E-state index is 8.89. The lowest BCUT2D eigenvalue weighted by Crippen LogP contribution is -2.25. The largest absolute Gasteiger partial charge is 0.392 e. The molecule has 1 aromatic rings. The molecule has 0 atom stereocenters. The fraction of sp³-hybridized carbons (Fsp3) is 0.583. The van der Waals surface area contributed by atoms with Crippen LogP contribution in [0.25, 0.3) is 0 Å². The molecule has 0 aliphatic carbocycles. The van der Waals surface area contributed by atoms with Gasteiger partial charge in [-0.05, 0) is 24.7 Å². The molecule has 4 heteroatoms. The van der Waals surface area contributed by atoms with Gasteiger partial charge in [0.1, 0.15) is 0 Å². The summed E-state index contributed by atoms with van der Waals surface area (Å²) in [6, 6.07) is 3.89. The third-order valence-corrected chi connectivity index (χ3v) is 3.46. The number of hydrogen-bond donors (Lipinski definition) is 1. The molecule has 0 saturated heterocycles. The van der Waals surface area contributed by atoms with Gasteiger partial charge in [0.15, 0.2) is 0 Å². The molecule has 1 heterocycles. The SMILES string of the molecule is CCN(CC)CCSc1ccc(CO)cn1. The number of thioether (sulfide) groups is 1. The van der Waals surface area contributed by atoms with Gasteiger partial charge in [-0.15, -0.1) is 11.8 Å². The number of rotatable bonds is 7. The summed E-state index contributed by atoms with van der Waals surface area (Å²) in [7, 11) is 0. The van der Waals surface area contributed by atoms with E-state index in [1.807, 2.05) is 12.1 Å². The number of pyridine rings is 1. The van der Waals surface area contributed by atoms with E-state index in [9.17, 15) is 0 Å². The Morgan fingerprint density at radius 3 is 2.56 bits per heavy atom. The van der Waals surface area contributed by atoms with Gasteiger partial charge in [0.25, 0.3) is 0 Å². The first kappa shape index (κ1) is 13.5. The molecule has 0 fully saturated rings. The number of aromatic nitrogens is 1. The fourth-order valence-electron chi connectivity index (χ4n) is 1.41. The Hall–Kier alpha value is -0.580. The van der Waals surface area contributed by atoms with Gasteiger partial charge in [-0.3, -0.25) is 0 Å². The van der Waals surface area contributed by atoms with Gasteiger partial charge in [-0.25, -0.2) is 4.98 Å². The van der Waals surface area contributed by atoms with Crippen LogP contribution < -0.4 is 0 Å². The zero-order valence-corrected chi connectivity index (χ0v) is 10.8. The standard InChI is InChI=1S/C12H20N2OS/c1-3-14(4-2)7-8-16-12-6-5-11(10-15)9-13-12/h5-6,9,15H,3-4,7-8,10H2,1-2H3. The second kappa shape index (κ2) is 7.65. The van der Waals surface area contributed by atoms with E-state index >= 15 is 0 Å². The predicted octanol–water partition coefficient (Wildman–Crippen LogP) is 2.01. The Morgan fingerprint density at radius 1 is 1.31 bits per heavy atom. The Balaban J connectivity index is 2.31. The van der Waals surface area contributed by atoms with Gasteiger partial charge < -0.3 is 10.0 Å². The van der Waals surface area contributed by atoms with Crippen LogP contribution in [-0.4, -0.2) is 40.4 Å². The lowest BCUT2D eigenvalue weighted by Gasteiger charge is -2.16. The summed E-state index contributed by atoms with van der Waals surface area (Å²) in [5.74, 6) is 1.06. The molecule has 0 aromatic carbocycles. The van der Waals surface area contributed by atoms with Crippen LogP contribution in [-0.2, 0) is 6.61 Å². The third kappa shape index (κ3) is 4.51. The van der Waals surface area contributed by atoms with Crippen molar-refractivity contribution in [2.75, 3.05) is 25.4 Å². The molecule has 0 radical (unpaired) electrons. The molecule has 0 spiro atoms. The van der Waals surface area contributed by atoms with Crippen LogP contribution in [0.1, 0.15) is 19.4 Å². The van der Waals surface area contributed by atoms with Gasteiger partial charge in [-0.1, -0.05) is 19.9 Å². The average molecular weight is 240 g/mol. The van der Waals surface area contributed by atoms with Gasteiger partial charge in [0.05, 0.1) is 11.6 Å². The van der Waals surface area contributed by atoms with Gasteiger partial charge in [0, 0.05) is 18.5 Å². The van der Waals surface area contributed by atoms with Gasteiger partial charge in [0.2, 0.25) is 0 Å². The summed E-state index contributed by atoms with van der Waals surface area (Å²) in [5, 5.41) is 9.92. The van der Waals surface area contributed by atoms with Crippen molar-refractivity contribution >= 4 is 11.8 Å². The van der Waals surface area contributed by atoms with Crippen LogP contribution in [0, 0.1) is 0 Å². The van der Waals surface area contributed by atoms with Crippen molar-refractivity contribution in [3.05, 3.63) is 23.9 Å². The number of nitrogens with zero attached hydrogens (tertiary/aromatic N) is 2. The van der Waals surface area contributed by atoms with Crippen molar-refractivity contribution in [2.24, 2.45) is 0 Å². The van der Waals surface area contributed by atoms with Crippen molar-refractivity contribution < 1.29 is 5.11 Å². The molecule has 0 saturated carbocycles. The highest BCUT2D eigenvalue weighted by molar-refractivity contribution is 7.99. The highest BCUT2D eigenvalue weighted by Crippen LogP contribution is 2.15. The van der Waals surface area contributed by atoms with Crippen molar-refractivity contribution in [3.63, 3.8) is 0 Å². The summed E-state index contributed by atoms with van der Waals surface area (Å²) >= 11 is 1.76. The van der Waals surface area contributed by atoms with E-state index in [1.54, 1.807) is 18.0 Å². The zero-order chi connectivity index (χ0) is 11.8. The molecule has 1 rings (SSSR count). The van der Waals surface area contributed by atoms with E-state index in [4.69, 9.17) is 5.11 Å². The Labute approximate surface area is 102 Å². The van der Waals surface area contributed by atoms with Crippen molar-refractivity contribution in [2.45, 2.75) is 25.5 Å². The van der Waals surface area contributed by atoms with Crippen LogP contribution in [0.15, 0.2) is 23.4 Å². The van der Waals surface area contributed by atoms with Gasteiger partial charge in [-0.2, -0.15) is 0 Å². The molecule has 0 aliphatic heterocycles. The van der Waals surface area contributed by atoms with Crippen LogP contribution in [0.4, 0.5) is 0 Å². The topological polar surface area (TPSA) is 36.4 Å². The summed E-state index contributed by atoms with van der Waals surface area (Å²) in [6.45, 7) is 7.74. The molecule has 0 aliphatic rings. The molecule has 1 aromatic heterocycles. The summed E-state index contributed by atoms with van der Waals surface area (Å²) in [5.41, 5.74) is 0.869. The molecule has 1 N–H and O–H groups in total. The van der Waals surface area contributed by atoms with E-state index in [0.717, 1.165) is 36.0 Å². The lowest BCUT2D eigenvalue weighted by atomic mass is 10.3. The average Bonchev–Trinajstić information content (AvgIpc) is 2.35. The Kier molecular flexibility index (Phi) is 6.45. The van der Waals surface area contributed by atoms with Crippen LogP contribution in [0.5, 0.6) is 0 Å². The van der Waals surface area contributed by atoms with Crippen LogP contribution in [0.2, 0.25) is 0 Å². The minimum atomic E-state index is 0.0669. The summed E-state index contributed by atoms with van der Waals surface area (Å²) < 4.78 is 0. The molecular formula is C12H20N2OS. The molecule has 16 heavy (non-hydrogen) atoms. The first-order valence-electron chi connectivity index (χ1n) is 5.71. The minimum absolute atomic E-state index is 0.0669. The smallest absolute Gasteiger partial charge is 0.0960 e.